The molecular formula is C13H11F3N4O2. The summed E-state index contributed by atoms with van der Waals surface area (Å²) >= 11 is 0. The molecule has 9 heteroatoms. The second-order valence-corrected chi connectivity index (χ2v) is 4.30. The summed E-state index contributed by atoms with van der Waals surface area (Å²) in [5, 5.41) is 11.6. The van der Waals surface area contributed by atoms with E-state index in [2.05, 4.69) is 15.3 Å². The monoisotopic (exact) mass is 312 g/mol. The Hall–Kier alpha value is -2.68. The number of amides is 1. The average molecular weight is 312 g/mol. The van der Waals surface area contributed by atoms with Crippen molar-refractivity contribution < 1.29 is 23.1 Å². The molecule has 0 saturated carbocycles. The number of aliphatic hydroxyl groups excluding tert-OH is 1. The van der Waals surface area contributed by atoms with Crippen molar-refractivity contribution in [3.8, 4) is 0 Å². The van der Waals surface area contributed by atoms with Gasteiger partial charge < -0.3 is 16.2 Å². The fourth-order valence-corrected chi connectivity index (χ4v) is 1.76. The van der Waals surface area contributed by atoms with E-state index in [4.69, 9.17) is 5.73 Å². The molecule has 22 heavy (non-hydrogen) atoms. The van der Waals surface area contributed by atoms with E-state index in [0.29, 0.717) is 12.1 Å². The highest BCUT2D eigenvalue weighted by atomic mass is 19.2. The van der Waals surface area contributed by atoms with Crippen LogP contribution in [0.25, 0.3) is 0 Å². The Kier molecular flexibility index (Phi) is 4.56. The van der Waals surface area contributed by atoms with Crippen molar-refractivity contribution in [1.29, 1.82) is 0 Å². The van der Waals surface area contributed by atoms with Gasteiger partial charge in [-0.15, -0.1) is 0 Å². The largest absolute Gasteiger partial charge is 0.394 e. The Labute approximate surface area is 122 Å². The van der Waals surface area contributed by atoms with Gasteiger partial charge in [-0.2, -0.15) is 0 Å². The highest BCUT2D eigenvalue weighted by Gasteiger charge is 2.21. The van der Waals surface area contributed by atoms with Gasteiger partial charge >= 0.3 is 0 Å². The van der Waals surface area contributed by atoms with Gasteiger partial charge in [0.2, 0.25) is 0 Å². The molecule has 0 fully saturated rings. The van der Waals surface area contributed by atoms with Gasteiger partial charge in [-0.3, -0.25) is 4.79 Å². The van der Waals surface area contributed by atoms with Crippen LogP contribution in [0.1, 0.15) is 22.1 Å². The number of carbonyl (C=O) groups excluding carboxylic acids is 1. The first-order valence-corrected chi connectivity index (χ1v) is 6.06. The van der Waals surface area contributed by atoms with Gasteiger partial charge in [0, 0.05) is 12.4 Å². The molecule has 1 atom stereocenters. The lowest BCUT2D eigenvalue weighted by Crippen LogP contribution is -2.32. The summed E-state index contributed by atoms with van der Waals surface area (Å²) in [6, 6.07) is 0.192. The van der Waals surface area contributed by atoms with Crippen LogP contribution < -0.4 is 11.1 Å². The molecule has 0 aliphatic heterocycles. The van der Waals surface area contributed by atoms with Gasteiger partial charge in [0.1, 0.15) is 0 Å². The summed E-state index contributed by atoms with van der Waals surface area (Å²) in [5.74, 6) is -5.43. The number of aliphatic hydroxyl groups is 1. The van der Waals surface area contributed by atoms with Crippen LogP contribution >= 0.6 is 0 Å². The molecule has 116 valence electrons. The van der Waals surface area contributed by atoms with Crippen molar-refractivity contribution in [2.75, 3.05) is 12.3 Å². The molecule has 0 aliphatic rings. The zero-order valence-corrected chi connectivity index (χ0v) is 11.1. The van der Waals surface area contributed by atoms with Crippen LogP contribution in [0.2, 0.25) is 0 Å². The fraction of sp³-hybridized carbons (Fsp3) is 0.154. The molecule has 0 bridgehead atoms. The van der Waals surface area contributed by atoms with Gasteiger partial charge in [-0.05, 0) is 17.7 Å². The van der Waals surface area contributed by atoms with Crippen molar-refractivity contribution >= 4 is 11.7 Å². The number of rotatable bonds is 4. The minimum atomic E-state index is -1.63. The number of aromatic nitrogens is 2. The van der Waals surface area contributed by atoms with E-state index in [1.807, 2.05) is 0 Å². The van der Waals surface area contributed by atoms with Crippen LogP contribution in [-0.4, -0.2) is 27.6 Å². The zero-order chi connectivity index (χ0) is 16.3. The van der Waals surface area contributed by atoms with Gasteiger partial charge in [-0.25, -0.2) is 23.1 Å². The van der Waals surface area contributed by atoms with E-state index in [9.17, 15) is 23.1 Å². The second-order valence-electron chi connectivity index (χ2n) is 4.30. The first-order chi connectivity index (χ1) is 10.4. The molecule has 1 amide bonds. The Morgan fingerprint density at radius 3 is 2.36 bits per heavy atom. The number of nitrogens with two attached hydrogens (primary N) is 1. The summed E-state index contributed by atoms with van der Waals surface area (Å²) in [6.45, 7) is -0.670. The van der Waals surface area contributed by atoms with Crippen molar-refractivity contribution in [3.63, 3.8) is 0 Å². The third-order valence-corrected chi connectivity index (χ3v) is 2.84. The van der Waals surface area contributed by atoms with Crippen LogP contribution in [0.4, 0.5) is 19.0 Å². The number of anilines is 1. The lowest BCUT2D eigenvalue weighted by atomic mass is 10.1. The maximum absolute atomic E-state index is 13.2. The maximum Gasteiger partial charge on any atom is 0.274 e. The van der Waals surface area contributed by atoms with Gasteiger partial charge in [0.05, 0.1) is 12.6 Å². The smallest absolute Gasteiger partial charge is 0.274 e. The predicted octanol–water partition coefficient (Wildman–Crippen LogP) is 0.939. The van der Waals surface area contributed by atoms with Crippen molar-refractivity contribution in [2.24, 2.45) is 0 Å². The van der Waals surface area contributed by atoms with Crippen molar-refractivity contribution in [1.82, 2.24) is 15.3 Å². The molecule has 2 aromatic rings. The van der Waals surface area contributed by atoms with Gasteiger partial charge in [0.25, 0.3) is 5.91 Å². The Morgan fingerprint density at radius 1 is 1.23 bits per heavy atom. The highest BCUT2D eigenvalue weighted by Crippen LogP contribution is 2.20. The number of benzene rings is 1. The summed E-state index contributed by atoms with van der Waals surface area (Å²) in [6.07, 6.45) is 2.51. The number of nitrogen functional groups attached to an aromatic ring is 1. The lowest BCUT2D eigenvalue weighted by Gasteiger charge is -2.17. The molecule has 1 unspecified atom stereocenters. The molecule has 0 saturated heterocycles. The zero-order valence-electron chi connectivity index (χ0n) is 11.1. The highest BCUT2D eigenvalue weighted by molar-refractivity contribution is 5.96. The molecule has 0 radical (unpaired) electrons. The maximum atomic E-state index is 13.2. The molecule has 1 aromatic carbocycles. The van der Waals surface area contributed by atoms with Crippen molar-refractivity contribution in [2.45, 2.75) is 6.04 Å². The Bertz CT molecular complexity index is 688. The molecule has 2 rings (SSSR count). The van der Waals surface area contributed by atoms with Crippen LogP contribution in [0, 0.1) is 17.5 Å². The van der Waals surface area contributed by atoms with E-state index < -0.39 is 36.0 Å². The Balaban J connectivity index is 2.26. The molecule has 6 nitrogen and oxygen atoms in total. The normalized spacial score (nSPS) is 12.0. The predicted molar refractivity (Wildman–Crippen MR) is 70.1 cm³/mol. The standard InChI is InChI=1S/C13H11F3N4O2/c14-7-3-6(4-8(15)10(7)16)9(5-21)20-13(22)11-12(17)19-2-1-18-11/h1-4,9,21H,5H2,(H2,17,19)(H,20,22). The van der Waals surface area contributed by atoms with Crippen LogP contribution in [0.3, 0.4) is 0 Å². The number of nitrogens with zero attached hydrogens (tertiary/aromatic N) is 2. The quantitative estimate of drug-likeness (QED) is 0.729. The summed E-state index contributed by atoms with van der Waals surface area (Å²) < 4.78 is 39.3. The third kappa shape index (κ3) is 3.14. The number of nitrogens with one attached hydrogen (secondary N) is 1. The summed E-state index contributed by atoms with van der Waals surface area (Å²) in [5.41, 5.74) is 5.13. The SMILES string of the molecule is Nc1nccnc1C(=O)NC(CO)c1cc(F)c(F)c(F)c1. The second kappa shape index (κ2) is 6.39. The number of hydrogen-bond acceptors (Lipinski definition) is 5. The van der Waals surface area contributed by atoms with Crippen LogP contribution in [0.5, 0.6) is 0 Å². The first kappa shape index (κ1) is 15.7. The van der Waals surface area contributed by atoms with Crippen LogP contribution in [-0.2, 0) is 0 Å². The molecular weight excluding hydrogens is 301 g/mol. The Morgan fingerprint density at radius 2 is 1.82 bits per heavy atom. The van der Waals surface area contributed by atoms with Crippen molar-refractivity contribution in [3.05, 3.63) is 53.2 Å². The molecule has 0 aliphatic carbocycles. The number of halogens is 3. The third-order valence-electron chi connectivity index (χ3n) is 2.84. The molecule has 1 aromatic heterocycles. The minimum Gasteiger partial charge on any atom is -0.394 e. The number of carbonyl (C=O) groups is 1. The van der Waals surface area contributed by atoms with Gasteiger partial charge in [0.15, 0.2) is 29.0 Å². The fourth-order valence-electron chi connectivity index (χ4n) is 1.76. The van der Waals surface area contributed by atoms with E-state index in [1.54, 1.807) is 0 Å². The molecule has 0 spiro atoms. The van der Waals surface area contributed by atoms with E-state index in [0.717, 1.165) is 0 Å². The van der Waals surface area contributed by atoms with E-state index in [1.165, 1.54) is 12.4 Å². The minimum absolute atomic E-state index is 0.144. The lowest BCUT2D eigenvalue weighted by molar-refractivity contribution is 0.0911. The average Bonchev–Trinajstić information content (AvgIpc) is 2.50. The number of hydrogen-bond donors (Lipinski definition) is 3. The first-order valence-electron chi connectivity index (χ1n) is 6.06. The van der Waals surface area contributed by atoms with E-state index >= 15 is 0 Å². The molecule has 1 heterocycles. The summed E-state index contributed by atoms with van der Waals surface area (Å²) in [7, 11) is 0. The van der Waals surface area contributed by atoms with E-state index in [-0.39, 0.29) is 17.1 Å². The van der Waals surface area contributed by atoms with Gasteiger partial charge in [-0.1, -0.05) is 0 Å². The topological polar surface area (TPSA) is 101 Å². The summed E-state index contributed by atoms with van der Waals surface area (Å²) in [4.78, 5) is 19.4. The molecule has 4 N–H and O–H groups in total. The van der Waals surface area contributed by atoms with Crippen LogP contribution in [0.15, 0.2) is 24.5 Å².